The van der Waals surface area contributed by atoms with Gasteiger partial charge in [0.05, 0.1) is 0 Å². The maximum absolute atomic E-state index is 14.4. The van der Waals surface area contributed by atoms with E-state index in [0.717, 1.165) is 5.56 Å². The van der Waals surface area contributed by atoms with Crippen LogP contribution in [0.15, 0.2) is 48.3 Å². The van der Waals surface area contributed by atoms with E-state index < -0.39 is 5.67 Å². The Hall–Kier alpha value is -1.44. The lowest BCUT2D eigenvalue weighted by molar-refractivity contribution is 0.178. The van der Waals surface area contributed by atoms with Crippen molar-refractivity contribution >= 4 is 5.57 Å². The van der Waals surface area contributed by atoms with E-state index in [1.165, 1.54) is 6.08 Å². The van der Waals surface area contributed by atoms with E-state index in [4.69, 9.17) is 0 Å². The SMILES string of the molecule is CC(C)CC1(F)C=CC(c2ccccc2)=C(F)C1. The molecule has 0 aromatic heterocycles. The predicted molar refractivity (Wildman–Crippen MR) is 71.5 cm³/mol. The molecule has 0 spiro atoms. The Morgan fingerprint density at radius 1 is 1.22 bits per heavy atom. The van der Waals surface area contributed by atoms with Crippen molar-refractivity contribution in [1.29, 1.82) is 0 Å². The summed E-state index contributed by atoms with van der Waals surface area (Å²) in [5.41, 5.74) is -0.221. The molecule has 0 saturated heterocycles. The summed E-state index contributed by atoms with van der Waals surface area (Å²) in [6.45, 7) is 3.90. The second kappa shape index (κ2) is 5.05. The number of alkyl halides is 1. The zero-order valence-corrected chi connectivity index (χ0v) is 10.8. The standard InChI is InChI=1S/C16H18F2/c1-12(2)10-16(18)9-8-14(15(17)11-16)13-6-4-3-5-7-13/h3-9,12H,10-11H2,1-2H3. The summed E-state index contributed by atoms with van der Waals surface area (Å²) < 4.78 is 28.5. The maximum Gasteiger partial charge on any atom is 0.136 e. The highest BCUT2D eigenvalue weighted by atomic mass is 19.1. The molecule has 1 aromatic rings. The monoisotopic (exact) mass is 248 g/mol. The summed E-state index contributed by atoms with van der Waals surface area (Å²) >= 11 is 0. The first-order valence-electron chi connectivity index (χ1n) is 6.32. The molecule has 1 aromatic carbocycles. The van der Waals surface area contributed by atoms with Crippen LogP contribution in [0.2, 0.25) is 0 Å². The third-order valence-corrected chi connectivity index (χ3v) is 3.12. The van der Waals surface area contributed by atoms with Gasteiger partial charge in [0.1, 0.15) is 11.5 Å². The largest absolute Gasteiger partial charge is 0.239 e. The van der Waals surface area contributed by atoms with Gasteiger partial charge in [-0.1, -0.05) is 50.3 Å². The van der Waals surface area contributed by atoms with Crippen molar-refractivity contribution in [3.8, 4) is 0 Å². The molecule has 1 aliphatic rings. The van der Waals surface area contributed by atoms with Crippen LogP contribution in [0, 0.1) is 5.92 Å². The molecule has 0 fully saturated rings. The highest BCUT2D eigenvalue weighted by Crippen LogP contribution is 2.38. The molecule has 0 heterocycles. The summed E-state index contributed by atoms with van der Waals surface area (Å²) in [5.74, 6) is -0.141. The fourth-order valence-corrected chi connectivity index (χ4v) is 2.42. The Bertz CT molecular complexity index is 471. The van der Waals surface area contributed by atoms with Crippen molar-refractivity contribution in [3.05, 3.63) is 53.9 Å². The lowest BCUT2D eigenvalue weighted by Gasteiger charge is -2.27. The number of hydrogen-bond acceptors (Lipinski definition) is 0. The Kier molecular flexibility index (Phi) is 3.65. The predicted octanol–water partition coefficient (Wildman–Crippen LogP) is 5.08. The van der Waals surface area contributed by atoms with Gasteiger partial charge in [0.2, 0.25) is 0 Å². The minimum atomic E-state index is -1.53. The Balaban J connectivity index is 2.23. The normalized spacial score (nSPS) is 23.8. The van der Waals surface area contributed by atoms with E-state index in [2.05, 4.69) is 0 Å². The third-order valence-electron chi connectivity index (χ3n) is 3.12. The van der Waals surface area contributed by atoms with E-state index in [9.17, 15) is 8.78 Å². The fourth-order valence-electron chi connectivity index (χ4n) is 2.42. The van der Waals surface area contributed by atoms with Crippen LogP contribution in [-0.4, -0.2) is 5.67 Å². The van der Waals surface area contributed by atoms with Crippen molar-refractivity contribution < 1.29 is 8.78 Å². The summed E-state index contributed by atoms with van der Waals surface area (Å²) in [6, 6.07) is 9.27. The molecule has 1 aliphatic carbocycles. The first kappa shape index (κ1) is 13.0. The first-order valence-corrected chi connectivity index (χ1v) is 6.32. The Morgan fingerprint density at radius 3 is 2.44 bits per heavy atom. The first-order chi connectivity index (χ1) is 8.50. The average molecular weight is 248 g/mol. The van der Waals surface area contributed by atoms with Gasteiger partial charge in [0.15, 0.2) is 0 Å². The van der Waals surface area contributed by atoms with Gasteiger partial charge in [-0.15, -0.1) is 0 Å². The average Bonchev–Trinajstić information content (AvgIpc) is 2.28. The van der Waals surface area contributed by atoms with Gasteiger partial charge in [0.25, 0.3) is 0 Å². The number of benzene rings is 1. The second-order valence-electron chi connectivity index (χ2n) is 5.33. The number of allylic oxidation sites excluding steroid dienone is 4. The minimum Gasteiger partial charge on any atom is -0.239 e. The molecule has 18 heavy (non-hydrogen) atoms. The van der Waals surface area contributed by atoms with Gasteiger partial charge in [-0.3, -0.25) is 0 Å². The summed E-state index contributed by atoms with van der Waals surface area (Å²) in [7, 11) is 0. The summed E-state index contributed by atoms with van der Waals surface area (Å²) in [4.78, 5) is 0. The van der Waals surface area contributed by atoms with Gasteiger partial charge in [-0.05, 0) is 24.0 Å². The van der Waals surface area contributed by atoms with Crippen molar-refractivity contribution in [1.82, 2.24) is 0 Å². The molecule has 1 atom stereocenters. The molecule has 0 N–H and O–H groups in total. The van der Waals surface area contributed by atoms with E-state index in [1.807, 2.05) is 44.2 Å². The topological polar surface area (TPSA) is 0 Å². The molecule has 0 bridgehead atoms. The van der Waals surface area contributed by atoms with Crippen LogP contribution in [0.1, 0.15) is 32.3 Å². The van der Waals surface area contributed by atoms with Crippen molar-refractivity contribution in [2.75, 3.05) is 0 Å². The minimum absolute atomic E-state index is 0.147. The summed E-state index contributed by atoms with van der Waals surface area (Å²) in [5, 5.41) is 0. The van der Waals surface area contributed by atoms with Gasteiger partial charge in [-0.2, -0.15) is 0 Å². The molecule has 1 unspecified atom stereocenters. The second-order valence-corrected chi connectivity index (χ2v) is 5.33. The molecule has 2 rings (SSSR count). The molecule has 0 amide bonds. The van der Waals surface area contributed by atoms with Gasteiger partial charge >= 0.3 is 0 Å². The molecule has 0 radical (unpaired) electrons. The Morgan fingerprint density at radius 2 is 1.89 bits per heavy atom. The number of halogens is 2. The van der Waals surface area contributed by atoms with Crippen LogP contribution < -0.4 is 0 Å². The maximum atomic E-state index is 14.4. The lowest BCUT2D eigenvalue weighted by Crippen LogP contribution is -2.24. The van der Waals surface area contributed by atoms with Crippen LogP contribution in [0.3, 0.4) is 0 Å². The fraction of sp³-hybridized carbons (Fsp3) is 0.375. The van der Waals surface area contributed by atoms with Crippen LogP contribution in [0.4, 0.5) is 8.78 Å². The van der Waals surface area contributed by atoms with Crippen LogP contribution >= 0.6 is 0 Å². The molecule has 0 nitrogen and oxygen atoms in total. The molecule has 2 heteroatoms. The third kappa shape index (κ3) is 2.87. The van der Waals surface area contributed by atoms with E-state index >= 15 is 0 Å². The molecular formula is C16H18F2. The van der Waals surface area contributed by atoms with Gasteiger partial charge in [0, 0.05) is 12.0 Å². The van der Waals surface area contributed by atoms with Crippen LogP contribution in [0.5, 0.6) is 0 Å². The summed E-state index contributed by atoms with van der Waals surface area (Å²) in [6.07, 6.45) is 3.31. The zero-order chi connectivity index (χ0) is 13.2. The lowest BCUT2D eigenvalue weighted by atomic mass is 9.84. The smallest absolute Gasteiger partial charge is 0.136 e. The molecule has 96 valence electrons. The van der Waals surface area contributed by atoms with Gasteiger partial charge in [-0.25, -0.2) is 8.78 Å². The number of rotatable bonds is 3. The van der Waals surface area contributed by atoms with Crippen molar-refractivity contribution in [2.45, 2.75) is 32.4 Å². The zero-order valence-electron chi connectivity index (χ0n) is 10.8. The number of hydrogen-bond donors (Lipinski definition) is 0. The molecule has 0 saturated carbocycles. The van der Waals surface area contributed by atoms with Crippen LogP contribution in [0.25, 0.3) is 5.57 Å². The highest BCUT2D eigenvalue weighted by Gasteiger charge is 2.33. The van der Waals surface area contributed by atoms with Crippen LogP contribution in [-0.2, 0) is 0 Å². The van der Waals surface area contributed by atoms with E-state index in [0.29, 0.717) is 12.0 Å². The highest BCUT2D eigenvalue weighted by molar-refractivity contribution is 5.77. The van der Waals surface area contributed by atoms with Crippen molar-refractivity contribution in [2.24, 2.45) is 5.92 Å². The molecule has 0 aliphatic heterocycles. The molecular weight excluding hydrogens is 230 g/mol. The Labute approximate surface area is 107 Å². The quantitative estimate of drug-likeness (QED) is 0.699. The van der Waals surface area contributed by atoms with E-state index in [1.54, 1.807) is 6.08 Å². The van der Waals surface area contributed by atoms with E-state index in [-0.39, 0.29) is 18.2 Å². The van der Waals surface area contributed by atoms with Crippen molar-refractivity contribution in [3.63, 3.8) is 0 Å². The van der Waals surface area contributed by atoms with Gasteiger partial charge < -0.3 is 0 Å².